The quantitative estimate of drug-likeness (QED) is 0.269. The Morgan fingerprint density at radius 2 is 1.80 bits per heavy atom. The van der Waals surface area contributed by atoms with Crippen molar-refractivity contribution < 1.29 is 22.7 Å². The SMILES string of the molecule is O=C(CSc1nnc(-c2ccc(OC(F)F)cc2)o1)N1c2ccccc2SCC1c1ccccc1. The Kier molecular flexibility index (Phi) is 7.01. The molecule has 1 aromatic heterocycles. The summed E-state index contributed by atoms with van der Waals surface area (Å²) in [4.78, 5) is 16.4. The molecular formula is C25H19F2N3O3S2. The van der Waals surface area contributed by atoms with Crippen molar-refractivity contribution in [1.29, 1.82) is 0 Å². The zero-order chi connectivity index (χ0) is 24.2. The summed E-state index contributed by atoms with van der Waals surface area (Å²) in [6.07, 6.45) is 0. The van der Waals surface area contributed by atoms with Crippen molar-refractivity contribution in [1.82, 2.24) is 10.2 Å². The minimum atomic E-state index is -2.89. The molecule has 1 aliphatic rings. The summed E-state index contributed by atoms with van der Waals surface area (Å²) in [5.41, 5.74) is 2.52. The molecule has 0 fully saturated rings. The van der Waals surface area contributed by atoms with Gasteiger partial charge in [0.25, 0.3) is 5.22 Å². The highest BCUT2D eigenvalue weighted by molar-refractivity contribution is 8.00. The summed E-state index contributed by atoms with van der Waals surface area (Å²) in [7, 11) is 0. The van der Waals surface area contributed by atoms with Crippen LogP contribution >= 0.6 is 23.5 Å². The lowest BCUT2D eigenvalue weighted by atomic mass is 10.1. The van der Waals surface area contributed by atoms with Crippen LogP contribution < -0.4 is 9.64 Å². The van der Waals surface area contributed by atoms with Crippen LogP contribution in [0.2, 0.25) is 0 Å². The van der Waals surface area contributed by atoms with Gasteiger partial charge >= 0.3 is 6.61 Å². The fourth-order valence-electron chi connectivity index (χ4n) is 3.77. The molecule has 0 N–H and O–H groups in total. The number of thioether (sulfide) groups is 2. The summed E-state index contributed by atoms with van der Waals surface area (Å²) >= 11 is 2.90. The number of hydrogen-bond donors (Lipinski definition) is 0. The average Bonchev–Trinajstić information content (AvgIpc) is 3.36. The number of hydrogen-bond acceptors (Lipinski definition) is 7. The first-order chi connectivity index (χ1) is 17.1. The molecular weight excluding hydrogens is 492 g/mol. The molecule has 0 bridgehead atoms. The molecule has 0 saturated carbocycles. The van der Waals surface area contributed by atoms with Crippen molar-refractivity contribution in [3.63, 3.8) is 0 Å². The predicted octanol–water partition coefficient (Wildman–Crippen LogP) is 6.31. The molecule has 3 aromatic carbocycles. The van der Waals surface area contributed by atoms with Gasteiger partial charge in [0.15, 0.2) is 0 Å². The topological polar surface area (TPSA) is 68.5 Å². The van der Waals surface area contributed by atoms with E-state index in [0.29, 0.717) is 5.56 Å². The maximum absolute atomic E-state index is 13.5. The second-order valence-electron chi connectivity index (χ2n) is 7.53. The van der Waals surface area contributed by atoms with E-state index in [0.717, 1.165) is 33.7 Å². The van der Waals surface area contributed by atoms with Crippen LogP contribution in [0, 0.1) is 0 Å². The van der Waals surface area contributed by atoms with Gasteiger partial charge in [0.2, 0.25) is 11.8 Å². The van der Waals surface area contributed by atoms with E-state index in [-0.39, 0.29) is 34.6 Å². The van der Waals surface area contributed by atoms with Crippen molar-refractivity contribution in [2.45, 2.75) is 22.8 Å². The molecule has 0 saturated heterocycles. The number of ether oxygens (including phenoxy) is 1. The number of benzene rings is 3. The summed E-state index contributed by atoms with van der Waals surface area (Å²) in [5, 5.41) is 8.28. The Hall–Kier alpha value is -3.37. The van der Waals surface area contributed by atoms with Gasteiger partial charge in [-0.05, 0) is 42.0 Å². The predicted molar refractivity (Wildman–Crippen MR) is 131 cm³/mol. The summed E-state index contributed by atoms with van der Waals surface area (Å²) in [5.74, 6) is 1.07. The minimum absolute atomic E-state index is 0.0383. The Labute approximate surface area is 208 Å². The van der Waals surface area contributed by atoms with E-state index in [2.05, 4.69) is 14.9 Å². The van der Waals surface area contributed by atoms with E-state index in [4.69, 9.17) is 4.42 Å². The highest BCUT2D eigenvalue weighted by Crippen LogP contribution is 2.43. The first-order valence-corrected chi connectivity index (χ1v) is 12.7. The van der Waals surface area contributed by atoms with Crippen LogP contribution in [0.3, 0.4) is 0 Å². The summed E-state index contributed by atoms with van der Waals surface area (Å²) < 4.78 is 34.7. The van der Waals surface area contributed by atoms with Gasteiger partial charge in [-0.25, -0.2) is 0 Å². The standard InChI is InChI=1S/C25H19F2N3O3S2/c26-24(27)32-18-12-10-17(11-13-18)23-28-29-25(33-23)35-15-22(31)30-19-8-4-5-9-21(19)34-14-20(30)16-6-2-1-3-7-16/h1-13,20,24H,14-15H2. The molecule has 178 valence electrons. The number of nitrogens with zero attached hydrogens (tertiary/aromatic N) is 3. The number of para-hydroxylation sites is 1. The van der Waals surface area contributed by atoms with E-state index >= 15 is 0 Å². The lowest BCUT2D eigenvalue weighted by Gasteiger charge is -2.37. The number of carbonyl (C=O) groups excluding carboxylic acids is 1. The number of alkyl halides is 2. The third-order valence-electron chi connectivity index (χ3n) is 5.34. The van der Waals surface area contributed by atoms with Gasteiger partial charge < -0.3 is 14.1 Å². The first-order valence-electron chi connectivity index (χ1n) is 10.7. The lowest BCUT2D eigenvalue weighted by molar-refractivity contribution is -0.116. The molecule has 0 spiro atoms. The smallest absolute Gasteiger partial charge is 0.387 e. The number of anilines is 1. The van der Waals surface area contributed by atoms with E-state index in [1.165, 1.54) is 12.1 Å². The minimum Gasteiger partial charge on any atom is -0.435 e. The van der Waals surface area contributed by atoms with E-state index in [1.807, 2.05) is 59.5 Å². The number of rotatable bonds is 7. The Morgan fingerprint density at radius 1 is 1.06 bits per heavy atom. The molecule has 0 aliphatic carbocycles. The van der Waals surface area contributed by atoms with Gasteiger partial charge in [-0.2, -0.15) is 8.78 Å². The van der Waals surface area contributed by atoms with Crippen molar-refractivity contribution in [2.24, 2.45) is 0 Å². The van der Waals surface area contributed by atoms with Crippen LogP contribution in [-0.4, -0.2) is 34.2 Å². The van der Waals surface area contributed by atoms with Gasteiger partial charge in [0, 0.05) is 16.2 Å². The van der Waals surface area contributed by atoms with E-state index < -0.39 is 6.61 Å². The molecule has 0 radical (unpaired) electrons. The summed E-state index contributed by atoms with van der Waals surface area (Å²) in [6.45, 7) is -2.89. The Bertz CT molecular complexity index is 1300. The van der Waals surface area contributed by atoms with Crippen LogP contribution in [0.5, 0.6) is 5.75 Å². The first kappa shape index (κ1) is 23.4. The lowest BCUT2D eigenvalue weighted by Crippen LogP contribution is -2.39. The van der Waals surface area contributed by atoms with Crippen molar-refractivity contribution in [2.75, 3.05) is 16.4 Å². The normalized spacial score (nSPS) is 15.2. The maximum atomic E-state index is 13.5. The Morgan fingerprint density at radius 3 is 2.57 bits per heavy atom. The van der Waals surface area contributed by atoms with Gasteiger partial charge in [-0.1, -0.05) is 54.2 Å². The van der Waals surface area contributed by atoms with Gasteiger partial charge in [0.1, 0.15) is 5.75 Å². The maximum Gasteiger partial charge on any atom is 0.387 e. The second-order valence-corrected chi connectivity index (χ2v) is 9.52. The number of aromatic nitrogens is 2. The highest BCUT2D eigenvalue weighted by atomic mass is 32.2. The van der Waals surface area contributed by atoms with Crippen molar-refractivity contribution in [3.8, 4) is 17.2 Å². The summed E-state index contributed by atoms with van der Waals surface area (Å²) in [6, 6.07) is 23.7. The van der Waals surface area contributed by atoms with Crippen LogP contribution in [0.25, 0.3) is 11.5 Å². The fourth-order valence-corrected chi connectivity index (χ4v) is 5.57. The van der Waals surface area contributed by atoms with Crippen molar-refractivity contribution in [3.05, 3.63) is 84.4 Å². The molecule has 4 aromatic rings. The molecule has 1 unspecified atom stereocenters. The number of amides is 1. The van der Waals surface area contributed by atoms with Crippen LogP contribution in [0.4, 0.5) is 14.5 Å². The monoisotopic (exact) mass is 511 g/mol. The van der Waals surface area contributed by atoms with Crippen LogP contribution in [0.15, 0.2) is 93.4 Å². The van der Waals surface area contributed by atoms with Crippen molar-refractivity contribution >= 4 is 35.1 Å². The highest BCUT2D eigenvalue weighted by Gasteiger charge is 2.32. The molecule has 1 amide bonds. The van der Waals surface area contributed by atoms with Gasteiger partial charge in [-0.15, -0.1) is 22.0 Å². The fraction of sp³-hybridized carbons (Fsp3) is 0.160. The Balaban J connectivity index is 1.31. The number of halogens is 2. The number of fused-ring (bicyclic) bond motifs is 1. The van der Waals surface area contributed by atoms with Gasteiger partial charge in [0.05, 0.1) is 17.5 Å². The molecule has 6 nitrogen and oxygen atoms in total. The van der Waals surface area contributed by atoms with E-state index in [1.54, 1.807) is 23.9 Å². The van der Waals surface area contributed by atoms with Gasteiger partial charge in [-0.3, -0.25) is 4.79 Å². The third kappa shape index (κ3) is 5.33. The molecule has 2 heterocycles. The van der Waals surface area contributed by atoms with E-state index in [9.17, 15) is 13.6 Å². The third-order valence-corrected chi connectivity index (χ3v) is 7.28. The molecule has 10 heteroatoms. The molecule has 1 aliphatic heterocycles. The van der Waals surface area contributed by atoms with Crippen LogP contribution in [0.1, 0.15) is 11.6 Å². The zero-order valence-corrected chi connectivity index (χ0v) is 19.8. The molecule has 35 heavy (non-hydrogen) atoms. The molecule has 5 rings (SSSR count). The van der Waals surface area contributed by atoms with Crippen LogP contribution in [-0.2, 0) is 4.79 Å². The second kappa shape index (κ2) is 10.5. The largest absolute Gasteiger partial charge is 0.435 e. The number of carbonyl (C=O) groups is 1. The average molecular weight is 512 g/mol. The zero-order valence-electron chi connectivity index (χ0n) is 18.2. The molecule has 1 atom stereocenters.